The van der Waals surface area contributed by atoms with E-state index in [1.807, 2.05) is 24.0 Å². The van der Waals surface area contributed by atoms with E-state index in [2.05, 4.69) is 10.3 Å². The number of carbonyl (C=O) groups excluding carboxylic acids is 1. The summed E-state index contributed by atoms with van der Waals surface area (Å²) in [6, 6.07) is 4.53. The number of pyridine rings is 1. The predicted molar refractivity (Wildman–Crippen MR) is 71.2 cm³/mol. The number of amides is 1. The molecule has 1 aliphatic carbocycles. The van der Waals surface area contributed by atoms with Crippen LogP contribution >= 0.6 is 0 Å². The second-order valence-corrected chi connectivity index (χ2v) is 4.69. The maximum Gasteiger partial charge on any atom is 0.236 e. The fraction of sp³-hybridized carbons (Fsp3) is 0.571. The Morgan fingerprint density at radius 1 is 1.44 bits per heavy atom. The van der Waals surface area contributed by atoms with Crippen molar-refractivity contribution in [2.75, 3.05) is 19.6 Å². The summed E-state index contributed by atoms with van der Waals surface area (Å²) in [4.78, 5) is 17.9. The van der Waals surface area contributed by atoms with Gasteiger partial charge in [-0.2, -0.15) is 0 Å². The summed E-state index contributed by atoms with van der Waals surface area (Å²) in [7, 11) is 0. The fourth-order valence-corrected chi connectivity index (χ4v) is 2.10. The zero-order valence-corrected chi connectivity index (χ0v) is 10.9. The summed E-state index contributed by atoms with van der Waals surface area (Å²) in [5.41, 5.74) is 1.25. The first-order valence-electron chi connectivity index (χ1n) is 6.70. The van der Waals surface area contributed by atoms with Crippen molar-refractivity contribution in [3.05, 3.63) is 30.1 Å². The molecule has 0 unspecified atom stereocenters. The van der Waals surface area contributed by atoms with Crippen molar-refractivity contribution in [2.24, 2.45) is 0 Å². The first-order valence-corrected chi connectivity index (χ1v) is 6.70. The molecule has 0 bridgehead atoms. The molecule has 18 heavy (non-hydrogen) atoms. The molecule has 1 aromatic heterocycles. The summed E-state index contributed by atoms with van der Waals surface area (Å²) in [6.07, 6.45) is 6.89. The van der Waals surface area contributed by atoms with E-state index >= 15 is 0 Å². The lowest BCUT2D eigenvalue weighted by molar-refractivity contribution is -0.130. The summed E-state index contributed by atoms with van der Waals surface area (Å²) in [5, 5.41) is 3.22. The minimum absolute atomic E-state index is 0.231. The van der Waals surface area contributed by atoms with Gasteiger partial charge in [-0.15, -0.1) is 0 Å². The fourth-order valence-electron chi connectivity index (χ4n) is 2.10. The molecule has 0 atom stereocenters. The van der Waals surface area contributed by atoms with Crippen molar-refractivity contribution < 1.29 is 4.79 Å². The third-order valence-electron chi connectivity index (χ3n) is 3.26. The van der Waals surface area contributed by atoms with Crippen LogP contribution in [0, 0.1) is 0 Å². The van der Waals surface area contributed by atoms with Gasteiger partial charge in [-0.05, 0) is 50.4 Å². The molecule has 4 nitrogen and oxygen atoms in total. The van der Waals surface area contributed by atoms with Gasteiger partial charge in [0.25, 0.3) is 0 Å². The minimum Gasteiger partial charge on any atom is -0.339 e. The third kappa shape index (κ3) is 3.81. The van der Waals surface area contributed by atoms with E-state index in [9.17, 15) is 4.79 Å². The summed E-state index contributed by atoms with van der Waals surface area (Å²) in [5.74, 6) is 0.231. The number of hydrogen-bond acceptors (Lipinski definition) is 3. The Morgan fingerprint density at radius 2 is 2.17 bits per heavy atom. The number of carbonyl (C=O) groups is 1. The molecule has 1 fully saturated rings. The van der Waals surface area contributed by atoms with Crippen molar-refractivity contribution in [2.45, 2.75) is 32.2 Å². The second-order valence-electron chi connectivity index (χ2n) is 4.69. The SMILES string of the molecule is CCN(C(=O)CNCCc1ccncc1)C1CC1. The van der Waals surface area contributed by atoms with Crippen LogP contribution in [-0.4, -0.2) is 41.5 Å². The van der Waals surface area contributed by atoms with E-state index in [1.165, 1.54) is 18.4 Å². The average Bonchev–Trinajstić information content (AvgIpc) is 3.21. The van der Waals surface area contributed by atoms with Crippen molar-refractivity contribution in [1.29, 1.82) is 0 Å². The lowest BCUT2D eigenvalue weighted by Crippen LogP contribution is -2.39. The van der Waals surface area contributed by atoms with Gasteiger partial charge in [0.2, 0.25) is 5.91 Å². The Bertz CT molecular complexity index is 376. The monoisotopic (exact) mass is 247 g/mol. The lowest BCUT2D eigenvalue weighted by atomic mass is 10.2. The van der Waals surface area contributed by atoms with E-state index in [-0.39, 0.29) is 5.91 Å². The summed E-state index contributed by atoms with van der Waals surface area (Å²) < 4.78 is 0. The Hall–Kier alpha value is -1.42. The molecule has 4 heteroatoms. The van der Waals surface area contributed by atoms with E-state index in [0.717, 1.165) is 19.5 Å². The van der Waals surface area contributed by atoms with Crippen LogP contribution < -0.4 is 5.32 Å². The molecule has 1 N–H and O–H groups in total. The zero-order chi connectivity index (χ0) is 12.8. The molecule has 1 aliphatic rings. The highest BCUT2D eigenvalue weighted by atomic mass is 16.2. The second kappa shape index (κ2) is 6.50. The van der Waals surface area contributed by atoms with Gasteiger partial charge in [0, 0.05) is 25.0 Å². The van der Waals surface area contributed by atoms with Crippen molar-refractivity contribution >= 4 is 5.91 Å². The highest BCUT2D eigenvalue weighted by molar-refractivity contribution is 5.78. The van der Waals surface area contributed by atoms with Gasteiger partial charge < -0.3 is 10.2 Å². The van der Waals surface area contributed by atoms with Gasteiger partial charge in [-0.3, -0.25) is 9.78 Å². The molecule has 1 amide bonds. The topological polar surface area (TPSA) is 45.2 Å². The zero-order valence-electron chi connectivity index (χ0n) is 10.9. The first kappa shape index (κ1) is 13.0. The van der Waals surface area contributed by atoms with Crippen LogP contribution in [0.15, 0.2) is 24.5 Å². The normalized spacial score (nSPS) is 14.5. The number of likely N-dealkylation sites (N-methyl/N-ethyl adjacent to an activating group) is 1. The Balaban J connectivity index is 1.64. The van der Waals surface area contributed by atoms with E-state index in [0.29, 0.717) is 12.6 Å². The van der Waals surface area contributed by atoms with E-state index < -0.39 is 0 Å². The molecular weight excluding hydrogens is 226 g/mol. The molecular formula is C14H21N3O. The van der Waals surface area contributed by atoms with Gasteiger partial charge in [-0.25, -0.2) is 0 Å². The molecule has 0 aromatic carbocycles. The van der Waals surface area contributed by atoms with Crippen LogP contribution in [0.25, 0.3) is 0 Å². The largest absolute Gasteiger partial charge is 0.339 e. The van der Waals surface area contributed by atoms with E-state index in [4.69, 9.17) is 0 Å². The van der Waals surface area contributed by atoms with Crippen LogP contribution in [0.5, 0.6) is 0 Å². The predicted octanol–water partition coefficient (Wildman–Crippen LogP) is 1.22. The molecule has 1 aromatic rings. The van der Waals surface area contributed by atoms with Crippen LogP contribution in [0.3, 0.4) is 0 Å². The number of aromatic nitrogens is 1. The Kier molecular flexibility index (Phi) is 4.70. The quantitative estimate of drug-likeness (QED) is 0.737. The molecule has 0 aliphatic heterocycles. The number of hydrogen-bond donors (Lipinski definition) is 1. The molecule has 1 heterocycles. The Labute approximate surface area is 108 Å². The van der Waals surface area contributed by atoms with Gasteiger partial charge in [0.1, 0.15) is 0 Å². The number of nitrogens with one attached hydrogen (secondary N) is 1. The van der Waals surface area contributed by atoms with Gasteiger partial charge in [0.05, 0.1) is 6.54 Å². The average molecular weight is 247 g/mol. The first-order chi connectivity index (χ1) is 8.81. The summed E-state index contributed by atoms with van der Waals surface area (Å²) >= 11 is 0. The van der Waals surface area contributed by atoms with Crippen molar-refractivity contribution in [1.82, 2.24) is 15.2 Å². The standard InChI is InChI=1S/C14H21N3O/c1-2-17(13-3-4-13)14(18)11-16-10-7-12-5-8-15-9-6-12/h5-6,8-9,13,16H,2-4,7,10-11H2,1H3. The third-order valence-corrected chi connectivity index (χ3v) is 3.26. The van der Waals surface area contributed by atoms with Crippen LogP contribution in [0.4, 0.5) is 0 Å². The van der Waals surface area contributed by atoms with Crippen LogP contribution in [-0.2, 0) is 11.2 Å². The lowest BCUT2D eigenvalue weighted by Gasteiger charge is -2.20. The van der Waals surface area contributed by atoms with Gasteiger partial charge >= 0.3 is 0 Å². The molecule has 0 spiro atoms. The van der Waals surface area contributed by atoms with Gasteiger partial charge in [-0.1, -0.05) is 0 Å². The van der Waals surface area contributed by atoms with Crippen LogP contribution in [0.1, 0.15) is 25.3 Å². The molecule has 0 saturated heterocycles. The molecule has 0 radical (unpaired) electrons. The van der Waals surface area contributed by atoms with Crippen molar-refractivity contribution in [3.8, 4) is 0 Å². The highest BCUT2D eigenvalue weighted by Crippen LogP contribution is 2.26. The highest BCUT2D eigenvalue weighted by Gasteiger charge is 2.30. The smallest absolute Gasteiger partial charge is 0.236 e. The molecule has 98 valence electrons. The maximum atomic E-state index is 11.9. The maximum absolute atomic E-state index is 11.9. The molecule has 1 saturated carbocycles. The molecule has 2 rings (SSSR count). The van der Waals surface area contributed by atoms with Gasteiger partial charge in [0.15, 0.2) is 0 Å². The van der Waals surface area contributed by atoms with E-state index in [1.54, 1.807) is 12.4 Å². The summed E-state index contributed by atoms with van der Waals surface area (Å²) in [6.45, 7) is 4.16. The number of nitrogens with zero attached hydrogens (tertiary/aromatic N) is 2. The minimum atomic E-state index is 0.231. The van der Waals surface area contributed by atoms with Crippen molar-refractivity contribution in [3.63, 3.8) is 0 Å². The number of rotatable bonds is 7. The van der Waals surface area contributed by atoms with Crippen LogP contribution in [0.2, 0.25) is 0 Å². The Morgan fingerprint density at radius 3 is 2.78 bits per heavy atom.